The predicted octanol–water partition coefficient (Wildman–Crippen LogP) is 6.22. The largest absolute Gasteiger partial charge is 0.480 e. The van der Waals surface area contributed by atoms with Crippen molar-refractivity contribution in [3.63, 3.8) is 0 Å². The van der Waals surface area contributed by atoms with Gasteiger partial charge in [0.1, 0.15) is 18.1 Å². The lowest BCUT2D eigenvalue weighted by Crippen LogP contribution is -2.23. The molecule has 5 nitrogen and oxygen atoms in total. The number of benzene rings is 2. The summed E-state index contributed by atoms with van der Waals surface area (Å²) in [7, 11) is 0. The molecule has 0 bridgehead atoms. The summed E-state index contributed by atoms with van der Waals surface area (Å²) in [5, 5.41) is 13.9. The summed E-state index contributed by atoms with van der Waals surface area (Å²) in [4.78, 5) is 10.7. The number of rotatable bonds is 10. The van der Waals surface area contributed by atoms with Gasteiger partial charge >= 0.3 is 5.97 Å². The summed E-state index contributed by atoms with van der Waals surface area (Å²) in [5.74, 6) is -0.210. The highest BCUT2D eigenvalue weighted by atomic mass is 19.1. The van der Waals surface area contributed by atoms with E-state index in [4.69, 9.17) is 14.9 Å². The zero-order valence-corrected chi connectivity index (χ0v) is 19.8. The molecule has 1 N–H and O–H groups in total. The maximum absolute atomic E-state index is 13.6. The molecule has 0 unspecified atom stereocenters. The zero-order chi connectivity index (χ0) is 23.9. The van der Waals surface area contributed by atoms with Gasteiger partial charge in [0, 0.05) is 23.4 Å². The molecule has 0 radical (unpaired) electrons. The van der Waals surface area contributed by atoms with Crippen LogP contribution < -0.4 is 0 Å². The van der Waals surface area contributed by atoms with Crippen molar-refractivity contribution in [2.45, 2.75) is 52.0 Å². The van der Waals surface area contributed by atoms with Crippen molar-refractivity contribution in [3.05, 3.63) is 66.1 Å². The molecule has 180 valence electrons. The molecule has 1 aliphatic carbocycles. The SMILES string of the molecule is CCCc1c(-c2ccccc2)c(-c2ccc(F)cc2)nn1C[C@H]1CC[C@@H](COCC(=O)O)CC1. The van der Waals surface area contributed by atoms with Crippen molar-refractivity contribution < 1.29 is 19.0 Å². The van der Waals surface area contributed by atoms with E-state index >= 15 is 0 Å². The van der Waals surface area contributed by atoms with Gasteiger partial charge in [0.05, 0.1) is 6.61 Å². The van der Waals surface area contributed by atoms with Crippen LogP contribution in [0.25, 0.3) is 22.4 Å². The van der Waals surface area contributed by atoms with Gasteiger partial charge in [0.15, 0.2) is 0 Å². The summed E-state index contributed by atoms with van der Waals surface area (Å²) in [6.07, 6.45) is 6.20. The predicted molar refractivity (Wildman–Crippen MR) is 131 cm³/mol. The van der Waals surface area contributed by atoms with Gasteiger partial charge in [-0.3, -0.25) is 4.68 Å². The monoisotopic (exact) mass is 464 g/mol. The smallest absolute Gasteiger partial charge is 0.329 e. The summed E-state index contributed by atoms with van der Waals surface area (Å²) in [6, 6.07) is 17.0. The highest BCUT2D eigenvalue weighted by Crippen LogP contribution is 2.37. The summed E-state index contributed by atoms with van der Waals surface area (Å²) in [6.45, 7) is 3.35. The fourth-order valence-corrected chi connectivity index (χ4v) is 4.99. The molecule has 2 aromatic carbocycles. The Morgan fingerprint density at radius 3 is 2.35 bits per heavy atom. The van der Waals surface area contributed by atoms with E-state index in [0.29, 0.717) is 18.4 Å². The number of carbonyl (C=O) groups is 1. The van der Waals surface area contributed by atoms with E-state index in [-0.39, 0.29) is 12.4 Å². The molecule has 0 saturated heterocycles. The van der Waals surface area contributed by atoms with Crippen LogP contribution in [0.2, 0.25) is 0 Å². The third-order valence-corrected chi connectivity index (χ3v) is 6.70. The van der Waals surface area contributed by atoms with Crippen LogP contribution in [0.15, 0.2) is 54.6 Å². The van der Waals surface area contributed by atoms with Crippen molar-refractivity contribution in [1.82, 2.24) is 9.78 Å². The van der Waals surface area contributed by atoms with Crippen LogP contribution in [0, 0.1) is 17.7 Å². The number of carboxylic acid groups (broad SMARTS) is 1. The molecule has 1 fully saturated rings. The number of halogens is 1. The van der Waals surface area contributed by atoms with E-state index in [1.54, 1.807) is 0 Å². The average Bonchev–Trinajstić information content (AvgIpc) is 3.19. The molecule has 1 saturated carbocycles. The first kappa shape index (κ1) is 24.1. The molecule has 0 aliphatic heterocycles. The summed E-state index contributed by atoms with van der Waals surface area (Å²) in [5.41, 5.74) is 5.35. The minimum absolute atomic E-state index is 0.220. The van der Waals surface area contributed by atoms with Crippen LogP contribution in [0.5, 0.6) is 0 Å². The number of ether oxygens (including phenoxy) is 1. The second-order valence-electron chi connectivity index (χ2n) is 9.27. The van der Waals surface area contributed by atoms with Gasteiger partial charge in [0.2, 0.25) is 0 Å². The van der Waals surface area contributed by atoms with E-state index in [2.05, 4.69) is 23.7 Å². The minimum atomic E-state index is -0.915. The summed E-state index contributed by atoms with van der Waals surface area (Å²) >= 11 is 0. The third-order valence-electron chi connectivity index (χ3n) is 6.70. The molecule has 3 aromatic rings. The minimum Gasteiger partial charge on any atom is -0.480 e. The van der Waals surface area contributed by atoms with Crippen molar-refractivity contribution in [2.24, 2.45) is 11.8 Å². The van der Waals surface area contributed by atoms with Gasteiger partial charge in [-0.2, -0.15) is 5.10 Å². The Bertz CT molecular complexity index is 1070. The van der Waals surface area contributed by atoms with Crippen molar-refractivity contribution in [3.8, 4) is 22.4 Å². The summed E-state index contributed by atoms with van der Waals surface area (Å²) < 4.78 is 21.1. The Morgan fingerprint density at radius 1 is 1.03 bits per heavy atom. The molecular formula is C28H33FN2O3. The van der Waals surface area contributed by atoms with E-state index in [1.165, 1.54) is 17.8 Å². The van der Waals surface area contributed by atoms with Gasteiger partial charge in [-0.25, -0.2) is 9.18 Å². The number of nitrogens with zero attached hydrogens (tertiary/aromatic N) is 2. The van der Waals surface area contributed by atoms with Crippen LogP contribution in [0.1, 0.15) is 44.7 Å². The van der Waals surface area contributed by atoms with Crippen LogP contribution in [-0.2, 0) is 22.5 Å². The second-order valence-corrected chi connectivity index (χ2v) is 9.27. The molecule has 34 heavy (non-hydrogen) atoms. The van der Waals surface area contributed by atoms with Crippen LogP contribution in [-0.4, -0.2) is 34.1 Å². The lowest BCUT2D eigenvalue weighted by Gasteiger charge is -2.28. The number of hydrogen-bond acceptors (Lipinski definition) is 3. The molecule has 4 rings (SSSR count). The van der Waals surface area contributed by atoms with Crippen molar-refractivity contribution in [1.29, 1.82) is 0 Å². The molecular weight excluding hydrogens is 431 g/mol. The van der Waals surface area contributed by atoms with Crippen LogP contribution in [0.3, 0.4) is 0 Å². The Kier molecular flexibility index (Phi) is 8.12. The van der Waals surface area contributed by atoms with Crippen molar-refractivity contribution >= 4 is 5.97 Å². The van der Waals surface area contributed by atoms with E-state index in [1.807, 2.05) is 30.3 Å². The Labute approximate surface area is 200 Å². The maximum atomic E-state index is 13.6. The van der Waals surface area contributed by atoms with E-state index in [9.17, 15) is 9.18 Å². The standard InChI is InChI=1S/C28H33FN2O3/c1-2-6-25-27(22-7-4-3-5-8-22)28(23-13-15-24(29)16-14-23)30-31(25)17-20-9-11-21(12-10-20)18-34-19-26(32)33/h3-5,7-8,13-16,20-21H,2,6,9-12,17-19H2,1H3,(H,32,33)/t20-,21+. The lowest BCUT2D eigenvalue weighted by molar-refractivity contribution is -0.142. The quantitative estimate of drug-likeness (QED) is 0.387. The van der Waals surface area contributed by atoms with E-state index in [0.717, 1.165) is 67.5 Å². The third kappa shape index (κ3) is 5.92. The fraction of sp³-hybridized carbons (Fsp3) is 0.429. The molecule has 1 aromatic heterocycles. The van der Waals surface area contributed by atoms with Gasteiger partial charge in [-0.1, -0.05) is 43.7 Å². The van der Waals surface area contributed by atoms with Gasteiger partial charge < -0.3 is 9.84 Å². The van der Waals surface area contributed by atoms with Crippen LogP contribution in [0.4, 0.5) is 4.39 Å². The maximum Gasteiger partial charge on any atom is 0.329 e. The number of aliphatic carboxylic acids is 1. The first-order chi connectivity index (χ1) is 16.5. The molecule has 1 heterocycles. The highest BCUT2D eigenvalue weighted by Gasteiger charge is 2.25. The normalized spacial score (nSPS) is 18.2. The lowest BCUT2D eigenvalue weighted by atomic mass is 9.82. The zero-order valence-electron chi connectivity index (χ0n) is 19.8. The van der Waals surface area contributed by atoms with Crippen molar-refractivity contribution in [2.75, 3.05) is 13.2 Å². The number of aromatic nitrogens is 2. The average molecular weight is 465 g/mol. The first-order valence-corrected chi connectivity index (χ1v) is 12.3. The Balaban J connectivity index is 1.58. The highest BCUT2D eigenvalue weighted by molar-refractivity contribution is 5.82. The molecule has 0 spiro atoms. The fourth-order valence-electron chi connectivity index (χ4n) is 4.99. The topological polar surface area (TPSA) is 64.4 Å². The molecule has 0 atom stereocenters. The number of carboxylic acids is 1. The van der Waals surface area contributed by atoms with E-state index < -0.39 is 5.97 Å². The Hall–Kier alpha value is -2.99. The second kappa shape index (κ2) is 11.4. The van der Waals surface area contributed by atoms with Gasteiger partial charge in [-0.05, 0) is 73.8 Å². The molecule has 0 amide bonds. The first-order valence-electron chi connectivity index (χ1n) is 12.3. The van der Waals surface area contributed by atoms with Gasteiger partial charge in [-0.15, -0.1) is 0 Å². The molecule has 1 aliphatic rings. The van der Waals surface area contributed by atoms with Crippen LogP contribution >= 0.6 is 0 Å². The Morgan fingerprint density at radius 2 is 1.71 bits per heavy atom. The number of hydrogen-bond donors (Lipinski definition) is 1. The van der Waals surface area contributed by atoms with Gasteiger partial charge in [0.25, 0.3) is 0 Å². The molecule has 6 heteroatoms.